The Labute approximate surface area is 118 Å². The maximum Gasteiger partial charge on any atom is 0.490 e. The van der Waals surface area contributed by atoms with Crippen LogP contribution in [0.1, 0.15) is 17.2 Å². The van der Waals surface area contributed by atoms with Gasteiger partial charge in [0.2, 0.25) is 0 Å². The predicted molar refractivity (Wildman–Crippen MR) is 74.2 cm³/mol. The average molecular weight is 304 g/mol. The van der Waals surface area contributed by atoms with Crippen LogP contribution in [-0.2, 0) is 9.53 Å². The first-order chi connectivity index (χ1) is 8.99. The molecule has 0 aliphatic carbocycles. The molecule has 1 aromatic carbocycles. The van der Waals surface area contributed by atoms with Crippen LogP contribution < -0.4 is 0 Å². The molecule has 112 valence electrons. The molecule has 0 fully saturated rings. The van der Waals surface area contributed by atoms with E-state index in [1.807, 2.05) is 26.6 Å². The maximum atomic E-state index is 12.4. The molecule has 1 aromatic rings. The minimum atomic E-state index is -4.96. The van der Waals surface area contributed by atoms with Gasteiger partial charge in [0, 0.05) is 8.07 Å². The Hall–Kier alpha value is -1.30. The lowest BCUT2D eigenvalue weighted by molar-refractivity contribution is -0.204. The molecular formula is C14H19F3O2Si. The summed E-state index contributed by atoms with van der Waals surface area (Å²) in [4.78, 5) is 11.1. The normalized spacial score (nSPS) is 13.9. The summed E-state index contributed by atoms with van der Waals surface area (Å²) in [5.74, 6) is -2.12. The van der Waals surface area contributed by atoms with Crippen molar-refractivity contribution >= 4 is 14.0 Å². The minimum absolute atomic E-state index is 0.456. The summed E-state index contributed by atoms with van der Waals surface area (Å²) in [7, 11) is -1.69. The summed E-state index contributed by atoms with van der Waals surface area (Å²) >= 11 is 0. The third kappa shape index (κ3) is 5.36. The zero-order valence-electron chi connectivity index (χ0n) is 12.0. The highest BCUT2D eigenvalue weighted by Crippen LogP contribution is 2.31. The zero-order valence-corrected chi connectivity index (χ0v) is 13.0. The van der Waals surface area contributed by atoms with E-state index in [0.29, 0.717) is 11.6 Å². The molecule has 1 atom stereocenters. The number of esters is 1. The number of hydrogen-bond donors (Lipinski definition) is 0. The predicted octanol–water partition coefficient (Wildman–Crippen LogP) is 4.48. The van der Waals surface area contributed by atoms with Crippen LogP contribution in [0.5, 0.6) is 0 Å². The van der Waals surface area contributed by atoms with Crippen molar-refractivity contribution in [3.05, 3.63) is 35.4 Å². The molecule has 0 heterocycles. The molecule has 6 heteroatoms. The van der Waals surface area contributed by atoms with Gasteiger partial charge in [0.1, 0.15) is 6.10 Å². The topological polar surface area (TPSA) is 26.3 Å². The molecule has 1 unspecified atom stereocenters. The Bertz CT molecular complexity index is 461. The van der Waals surface area contributed by atoms with Gasteiger partial charge in [-0.3, -0.25) is 0 Å². The van der Waals surface area contributed by atoms with E-state index in [2.05, 4.69) is 4.74 Å². The highest BCUT2D eigenvalue weighted by Gasteiger charge is 2.43. The van der Waals surface area contributed by atoms with Gasteiger partial charge in [-0.25, -0.2) is 4.79 Å². The first kappa shape index (κ1) is 16.8. The Balaban J connectivity index is 2.97. The van der Waals surface area contributed by atoms with Gasteiger partial charge >= 0.3 is 12.1 Å². The van der Waals surface area contributed by atoms with Crippen molar-refractivity contribution < 1.29 is 22.7 Å². The van der Waals surface area contributed by atoms with Crippen LogP contribution in [0, 0.1) is 6.92 Å². The van der Waals surface area contributed by atoms with E-state index < -0.39 is 26.3 Å². The van der Waals surface area contributed by atoms with E-state index in [9.17, 15) is 18.0 Å². The molecule has 2 nitrogen and oxygen atoms in total. The number of carbonyl (C=O) groups excluding carboxylic acids is 1. The molecule has 0 aromatic heterocycles. The lowest BCUT2D eigenvalue weighted by Gasteiger charge is -2.25. The first-order valence-corrected chi connectivity index (χ1v) is 10.0. The molecule has 0 radical (unpaired) electrons. The highest BCUT2D eigenvalue weighted by molar-refractivity contribution is 6.76. The second kappa shape index (κ2) is 5.99. The van der Waals surface area contributed by atoms with E-state index >= 15 is 0 Å². The van der Waals surface area contributed by atoms with Crippen LogP contribution in [0.4, 0.5) is 13.2 Å². The van der Waals surface area contributed by atoms with Crippen molar-refractivity contribution in [3.63, 3.8) is 0 Å². The van der Waals surface area contributed by atoms with Crippen LogP contribution in [0.25, 0.3) is 0 Å². The summed E-state index contributed by atoms with van der Waals surface area (Å²) in [6.07, 6.45) is -5.79. The molecule has 0 N–H and O–H groups in total. The number of alkyl halides is 3. The van der Waals surface area contributed by atoms with Crippen LogP contribution >= 0.6 is 0 Å². The lowest BCUT2D eigenvalue weighted by atomic mass is 10.1. The van der Waals surface area contributed by atoms with Gasteiger partial charge < -0.3 is 4.74 Å². The number of halogens is 3. The van der Waals surface area contributed by atoms with Gasteiger partial charge in [-0.2, -0.15) is 13.2 Å². The fourth-order valence-corrected chi connectivity index (χ4v) is 3.19. The number of hydrogen-bond acceptors (Lipinski definition) is 2. The van der Waals surface area contributed by atoms with Crippen molar-refractivity contribution in [2.45, 2.75) is 44.9 Å². The smallest absolute Gasteiger partial charge is 0.451 e. The van der Waals surface area contributed by atoms with Crippen molar-refractivity contribution in [2.75, 3.05) is 0 Å². The van der Waals surface area contributed by atoms with Gasteiger partial charge in [0.25, 0.3) is 0 Å². The monoisotopic (exact) mass is 304 g/mol. The summed E-state index contributed by atoms with van der Waals surface area (Å²) in [6.45, 7) is 7.96. The molecule has 0 aliphatic heterocycles. The number of ether oxygens (including phenoxy) is 1. The van der Waals surface area contributed by atoms with Crippen molar-refractivity contribution in [1.29, 1.82) is 0 Å². The summed E-state index contributed by atoms with van der Waals surface area (Å²) in [5, 5.41) is 0. The van der Waals surface area contributed by atoms with E-state index in [-0.39, 0.29) is 0 Å². The van der Waals surface area contributed by atoms with Crippen LogP contribution in [0.3, 0.4) is 0 Å². The Kier molecular flexibility index (Phi) is 5.02. The maximum absolute atomic E-state index is 12.4. The average Bonchev–Trinajstić information content (AvgIpc) is 2.25. The van der Waals surface area contributed by atoms with E-state index in [4.69, 9.17) is 0 Å². The molecule has 0 spiro atoms. The second-order valence-electron chi connectivity index (χ2n) is 6.07. The Morgan fingerprint density at radius 3 is 2.10 bits per heavy atom. The summed E-state index contributed by atoms with van der Waals surface area (Å²) < 4.78 is 41.8. The first-order valence-electron chi connectivity index (χ1n) is 6.33. The fraction of sp³-hybridized carbons (Fsp3) is 0.500. The van der Waals surface area contributed by atoms with Crippen molar-refractivity contribution in [1.82, 2.24) is 0 Å². The second-order valence-corrected chi connectivity index (χ2v) is 11.6. The van der Waals surface area contributed by atoms with Gasteiger partial charge in [0.05, 0.1) is 0 Å². The van der Waals surface area contributed by atoms with Crippen LogP contribution in [-0.4, -0.2) is 20.2 Å². The van der Waals surface area contributed by atoms with Gasteiger partial charge in [-0.15, -0.1) is 0 Å². The van der Waals surface area contributed by atoms with Crippen molar-refractivity contribution in [2.24, 2.45) is 0 Å². The molecule has 1 rings (SSSR count). The molecule has 0 amide bonds. The quantitative estimate of drug-likeness (QED) is 0.605. The van der Waals surface area contributed by atoms with Crippen LogP contribution in [0.2, 0.25) is 25.7 Å². The summed E-state index contributed by atoms with van der Waals surface area (Å²) in [5.41, 5.74) is 1.61. The molecule has 0 aliphatic rings. The standard InChI is InChI=1S/C14H19F3O2Si/c1-10-5-7-11(8-6-10)12(9-20(2,3)4)19-13(18)14(15,16)17/h5-8,12H,9H2,1-4H3. The molecule has 20 heavy (non-hydrogen) atoms. The third-order valence-electron chi connectivity index (χ3n) is 2.73. The number of carbonyl (C=O) groups is 1. The molecular weight excluding hydrogens is 285 g/mol. The SMILES string of the molecule is Cc1ccc(C(C[Si](C)(C)C)OC(=O)C(F)(F)F)cc1. The molecule has 0 saturated carbocycles. The molecule has 0 bridgehead atoms. The van der Waals surface area contributed by atoms with E-state index in [0.717, 1.165) is 5.56 Å². The minimum Gasteiger partial charge on any atom is -0.451 e. The van der Waals surface area contributed by atoms with Crippen molar-refractivity contribution in [3.8, 4) is 0 Å². The molecule has 0 saturated heterocycles. The number of benzene rings is 1. The van der Waals surface area contributed by atoms with E-state index in [1.54, 1.807) is 24.3 Å². The fourth-order valence-electron chi connectivity index (χ4n) is 1.76. The Morgan fingerprint density at radius 1 is 1.20 bits per heavy atom. The zero-order chi connectivity index (χ0) is 15.6. The van der Waals surface area contributed by atoms with Gasteiger partial charge in [0.15, 0.2) is 0 Å². The largest absolute Gasteiger partial charge is 0.490 e. The Morgan fingerprint density at radius 2 is 1.70 bits per heavy atom. The van der Waals surface area contributed by atoms with Gasteiger partial charge in [-0.1, -0.05) is 49.5 Å². The van der Waals surface area contributed by atoms with E-state index in [1.165, 1.54) is 0 Å². The number of aryl methyl sites for hydroxylation is 1. The highest BCUT2D eigenvalue weighted by atomic mass is 28.3. The van der Waals surface area contributed by atoms with Crippen LogP contribution in [0.15, 0.2) is 24.3 Å². The lowest BCUT2D eigenvalue weighted by Crippen LogP contribution is -2.31. The number of rotatable bonds is 4. The van der Waals surface area contributed by atoms with Gasteiger partial charge in [-0.05, 0) is 18.5 Å². The summed E-state index contributed by atoms with van der Waals surface area (Å²) in [6, 6.07) is 7.48. The third-order valence-corrected chi connectivity index (χ3v) is 4.32.